The first kappa shape index (κ1) is 13.3. The van der Waals surface area contributed by atoms with Crippen molar-refractivity contribution in [2.45, 2.75) is 24.8 Å². The van der Waals surface area contributed by atoms with Crippen LogP contribution in [0, 0.1) is 0 Å². The standard InChI is InChI=1S/C12H16N4O4/c17-4-7-11(19)8(18)3-16(7)2-6-1-13-10-9(6)14-5-15-12(10)20/h1,5,7-8,11,13,17-19H,2-4H2,(H,14,15,20)/t7-,8?,11+/m1/s1. The van der Waals surface area contributed by atoms with Gasteiger partial charge in [-0.1, -0.05) is 0 Å². The summed E-state index contributed by atoms with van der Waals surface area (Å²) in [4.78, 5) is 22.9. The average Bonchev–Trinajstić information content (AvgIpc) is 2.94. The van der Waals surface area contributed by atoms with Crippen LogP contribution < -0.4 is 5.56 Å². The quantitative estimate of drug-likeness (QED) is 0.449. The number of fused-ring (bicyclic) bond motifs is 1. The summed E-state index contributed by atoms with van der Waals surface area (Å²) in [7, 11) is 0. The van der Waals surface area contributed by atoms with Crippen molar-refractivity contribution in [3.05, 3.63) is 28.4 Å². The topological polar surface area (TPSA) is 125 Å². The minimum Gasteiger partial charge on any atom is -0.395 e. The van der Waals surface area contributed by atoms with Gasteiger partial charge in [0.05, 0.1) is 36.7 Å². The van der Waals surface area contributed by atoms with Crippen LogP contribution in [-0.4, -0.2) is 66.6 Å². The van der Waals surface area contributed by atoms with E-state index < -0.39 is 18.2 Å². The maximum atomic E-state index is 11.6. The highest BCUT2D eigenvalue weighted by atomic mass is 16.3. The van der Waals surface area contributed by atoms with Gasteiger partial charge in [0.15, 0.2) is 0 Å². The molecule has 2 aromatic heterocycles. The number of aromatic nitrogens is 3. The first-order valence-corrected chi connectivity index (χ1v) is 6.36. The van der Waals surface area contributed by atoms with Gasteiger partial charge in [-0.3, -0.25) is 9.69 Å². The normalized spacial score (nSPS) is 27.4. The molecule has 20 heavy (non-hydrogen) atoms. The van der Waals surface area contributed by atoms with Gasteiger partial charge >= 0.3 is 0 Å². The van der Waals surface area contributed by atoms with Gasteiger partial charge in [0.1, 0.15) is 5.52 Å². The van der Waals surface area contributed by atoms with Crippen molar-refractivity contribution in [2.24, 2.45) is 0 Å². The number of aromatic amines is 2. The van der Waals surface area contributed by atoms with Gasteiger partial charge in [-0.25, -0.2) is 4.98 Å². The molecule has 3 rings (SSSR count). The molecule has 0 bridgehead atoms. The van der Waals surface area contributed by atoms with Crippen molar-refractivity contribution in [3.8, 4) is 0 Å². The van der Waals surface area contributed by atoms with E-state index in [2.05, 4.69) is 15.0 Å². The molecule has 0 aromatic carbocycles. The predicted molar refractivity (Wildman–Crippen MR) is 70.0 cm³/mol. The summed E-state index contributed by atoms with van der Waals surface area (Å²) >= 11 is 0. The van der Waals surface area contributed by atoms with Gasteiger partial charge < -0.3 is 25.3 Å². The minimum absolute atomic E-state index is 0.241. The molecule has 0 radical (unpaired) electrons. The molecule has 8 nitrogen and oxygen atoms in total. The Morgan fingerprint density at radius 1 is 1.40 bits per heavy atom. The Labute approximate surface area is 113 Å². The third-order valence-electron chi connectivity index (χ3n) is 3.79. The Balaban J connectivity index is 1.90. The van der Waals surface area contributed by atoms with E-state index in [4.69, 9.17) is 0 Å². The average molecular weight is 280 g/mol. The van der Waals surface area contributed by atoms with Crippen LogP contribution >= 0.6 is 0 Å². The lowest BCUT2D eigenvalue weighted by molar-refractivity contribution is 0.0210. The zero-order chi connectivity index (χ0) is 14.3. The van der Waals surface area contributed by atoms with E-state index in [9.17, 15) is 20.1 Å². The summed E-state index contributed by atoms with van der Waals surface area (Å²) in [6, 6.07) is -0.517. The summed E-state index contributed by atoms with van der Waals surface area (Å²) < 4.78 is 0. The molecule has 1 aliphatic rings. The Morgan fingerprint density at radius 3 is 2.95 bits per heavy atom. The molecule has 0 saturated carbocycles. The van der Waals surface area contributed by atoms with Crippen molar-refractivity contribution in [2.75, 3.05) is 13.2 Å². The number of nitrogens with one attached hydrogen (secondary N) is 2. The molecular formula is C12H16N4O4. The number of H-pyrrole nitrogens is 2. The summed E-state index contributed by atoms with van der Waals surface area (Å²) in [5, 5.41) is 28.8. The second-order valence-corrected chi connectivity index (χ2v) is 5.01. The predicted octanol–water partition coefficient (Wildman–Crippen LogP) is -1.85. The molecule has 2 aromatic rings. The van der Waals surface area contributed by atoms with E-state index in [1.165, 1.54) is 6.33 Å². The molecule has 1 unspecified atom stereocenters. The van der Waals surface area contributed by atoms with E-state index in [1.807, 2.05) is 0 Å². The first-order chi connectivity index (χ1) is 9.61. The summed E-state index contributed by atoms with van der Waals surface area (Å²) in [5.41, 5.74) is 1.48. The maximum Gasteiger partial charge on any atom is 0.275 e. The molecule has 1 saturated heterocycles. The third kappa shape index (κ3) is 2.02. The summed E-state index contributed by atoms with van der Waals surface area (Å²) in [6.07, 6.45) is 1.16. The number of aliphatic hydroxyl groups is 3. The van der Waals surface area contributed by atoms with Gasteiger partial charge in [-0.2, -0.15) is 0 Å². The molecule has 0 amide bonds. The van der Waals surface area contributed by atoms with Crippen molar-refractivity contribution in [1.82, 2.24) is 19.9 Å². The fraction of sp³-hybridized carbons (Fsp3) is 0.500. The molecule has 3 heterocycles. The summed E-state index contributed by atoms with van der Waals surface area (Å²) in [6.45, 7) is 0.409. The summed E-state index contributed by atoms with van der Waals surface area (Å²) in [5.74, 6) is 0. The number of likely N-dealkylation sites (tertiary alicyclic amines) is 1. The Bertz CT molecular complexity index is 667. The van der Waals surface area contributed by atoms with E-state index in [-0.39, 0.29) is 18.7 Å². The number of hydrogen-bond acceptors (Lipinski definition) is 6. The van der Waals surface area contributed by atoms with E-state index in [0.717, 1.165) is 5.56 Å². The molecule has 1 fully saturated rings. The Kier molecular flexibility index (Phi) is 3.30. The van der Waals surface area contributed by atoms with Crippen LogP contribution in [0.1, 0.15) is 5.56 Å². The number of β-amino-alcohol motifs (C(OH)–C–C–N with tert-alkyl or cyclic N) is 1. The highest BCUT2D eigenvalue weighted by Crippen LogP contribution is 2.23. The molecule has 0 aliphatic carbocycles. The van der Waals surface area contributed by atoms with Crippen LogP contribution in [0.3, 0.4) is 0 Å². The number of nitrogens with zero attached hydrogens (tertiary/aromatic N) is 2. The lowest BCUT2D eigenvalue weighted by Crippen LogP contribution is -2.38. The molecular weight excluding hydrogens is 264 g/mol. The fourth-order valence-corrected chi connectivity index (χ4v) is 2.71. The Hall–Kier alpha value is -1.74. The Morgan fingerprint density at radius 2 is 2.20 bits per heavy atom. The van der Waals surface area contributed by atoms with E-state index in [1.54, 1.807) is 11.1 Å². The van der Waals surface area contributed by atoms with Crippen molar-refractivity contribution in [1.29, 1.82) is 0 Å². The van der Waals surface area contributed by atoms with Gasteiger partial charge in [0, 0.05) is 24.8 Å². The SMILES string of the molecule is O=c1[nH]cnc2c(CN3CC(O)[C@@H](O)[C@H]3CO)c[nH]c12. The first-order valence-electron chi connectivity index (χ1n) is 6.36. The second-order valence-electron chi connectivity index (χ2n) is 5.01. The van der Waals surface area contributed by atoms with Crippen LogP contribution in [-0.2, 0) is 6.54 Å². The lowest BCUT2D eigenvalue weighted by atomic mass is 10.1. The fourth-order valence-electron chi connectivity index (χ4n) is 2.71. The molecule has 8 heteroatoms. The van der Waals surface area contributed by atoms with Crippen molar-refractivity contribution < 1.29 is 15.3 Å². The highest BCUT2D eigenvalue weighted by Gasteiger charge is 2.39. The lowest BCUT2D eigenvalue weighted by Gasteiger charge is -2.23. The number of hydrogen-bond donors (Lipinski definition) is 5. The zero-order valence-electron chi connectivity index (χ0n) is 10.7. The van der Waals surface area contributed by atoms with Crippen molar-refractivity contribution >= 4 is 11.0 Å². The van der Waals surface area contributed by atoms with Crippen LogP contribution in [0.5, 0.6) is 0 Å². The number of aliphatic hydroxyl groups excluding tert-OH is 3. The minimum atomic E-state index is -0.971. The van der Waals surface area contributed by atoms with Gasteiger partial charge in [-0.05, 0) is 0 Å². The molecule has 5 N–H and O–H groups in total. The highest BCUT2D eigenvalue weighted by molar-refractivity contribution is 5.77. The van der Waals surface area contributed by atoms with Gasteiger partial charge in [0.2, 0.25) is 0 Å². The largest absolute Gasteiger partial charge is 0.395 e. The molecule has 3 atom stereocenters. The molecule has 0 spiro atoms. The smallest absolute Gasteiger partial charge is 0.275 e. The van der Waals surface area contributed by atoms with Crippen molar-refractivity contribution in [3.63, 3.8) is 0 Å². The van der Waals surface area contributed by atoms with Crippen LogP contribution in [0.4, 0.5) is 0 Å². The van der Waals surface area contributed by atoms with E-state index in [0.29, 0.717) is 17.6 Å². The molecule has 108 valence electrons. The maximum absolute atomic E-state index is 11.6. The van der Waals surface area contributed by atoms with Crippen LogP contribution in [0.15, 0.2) is 17.3 Å². The second kappa shape index (κ2) is 4.98. The van der Waals surface area contributed by atoms with E-state index >= 15 is 0 Å². The van der Waals surface area contributed by atoms with Gasteiger partial charge in [-0.15, -0.1) is 0 Å². The zero-order valence-corrected chi connectivity index (χ0v) is 10.7. The molecule has 1 aliphatic heterocycles. The van der Waals surface area contributed by atoms with Crippen LogP contribution in [0.25, 0.3) is 11.0 Å². The van der Waals surface area contributed by atoms with Gasteiger partial charge in [0.25, 0.3) is 5.56 Å². The van der Waals surface area contributed by atoms with Crippen LogP contribution in [0.2, 0.25) is 0 Å². The third-order valence-corrected chi connectivity index (χ3v) is 3.79. The monoisotopic (exact) mass is 280 g/mol. The number of rotatable bonds is 3.